The molecular weight excluding hydrogens is 1860 g/mol. The highest BCUT2D eigenvalue weighted by Crippen LogP contribution is 2.41. The highest BCUT2D eigenvalue weighted by Gasteiger charge is 2.30. The number of aryl methyl sites for hydroxylation is 4. The first kappa shape index (κ1) is 97.1. The summed E-state index contributed by atoms with van der Waals surface area (Å²) in [6, 6.07) is 68.5. The van der Waals surface area contributed by atoms with Crippen LogP contribution in [0.2, 0.25) is 0 Å². The number of alkyl halides is 2. The highest BCUT2D eigenvalue weighted by atomic mass is 79.9. The summed E-state index contributed by atoms with van der Waals surface area (Å²) in [6.45, 7) is 17.8. The van der Waals surface area contributed by atoms with Crippen molar-refractivity contribution in [1.29, 1.82) is 0 Å². The van der Waals surface area contributed by atoms with Gasteiger partial charge in [0.1, 0.15) is 148 Å². The molecule has 6 aromatic heterocycles. The number of halogens is 9. The van der Waals surface area contributed by atoms with Crippen LogP contribution in [-0.2, 0) is 0 Å². The molecule has 680 valence electrons. The Labute approximate surface area is 777 Å². The van der Waals surface area contributed by atoms with Crippen molar-refractivity contribution >= 4 is 97.7 Å². The second-order valence-corrected chi connectivity index (χ2v) is 34.0. The molecule has 6 atom stereocenters. The number of hydrogen-bond donors (Lipinski definition) is 3. The Morgan fingerprint density at radius 3 is 0.970 bits per heavy atom. The summed E-state index contributed by atoms with van der Waals surface area (Å²) in [5, 5.41) is 23.5. The van der Waals surface area contributed by atoms with Crippen molar-refractivity contribution in [2.75, 3.05) is 0 Å². The van der Waals surface area contributed by atoms with E-state index < -0.39 is 86.7 Å². The van der Waals surface area contributed by atoms with Crippen molar-refractivity contribution in [3.8, 4) is 66.8 Å². The average molecular weight is 1940 g/mol. The van der Waals surface area contributed by atoms with Crippen LogP contribution >= 0.6 is 31.9 Å². The lowest BCUT2D eigenvalue weighted by Crippen LogP contribution is -2.15. The van der Waals surface area contributed by atoms with Crippen LogP contribution in [0.1, 0.15) is 139 Å². The van der Waals surface area contributed by atoms with Crippen molar-refractivity contribution in [2.45, 2.75) is 110 Å². The standard InChI is InChI=1S/C19H16BrFO2.C18H14FN3O2.C18H16FNO2.C18H16O3.C17H11BrF2O2.C17H12F2O3/c1-3-13(20)19-16(12-7-4-6-11(2)10-12)18(22)17-14(21)8-5-9-15(17)23-19;1-10-5-3-6-12(9-10)15-17(23)16-13(19)7-4-8-14(16)24-18(15)11(2)21-22-20;1-10-5-3-6-12(9-10)15-17(21)16-13(19)7-4-8-14(16)22-18(15)11(2)20;1-11-7-6-10-14-15(11)17(20)16(18(21-14)12(2)19)13-8-4-3-5-9-13;1-9(18)17-14(10-5-2-3-6-11(10)19)16(21)15-12(20)7-4-8-13(15)22-17;1-9(20)17-14(10-5-2-3-6-11(10)18)16(21)15-12(19)7-4-8-13(15)22-17/h4-10,13H,3H2,1-2H3;3-9,11H,1-2H3;3-9,11H,20H2,1-2H3;3-10,12,19H,1-2H3;2-9H,1H3;2-9,20H,1H3. The Hall–Kier alpha value is -14.4. The maximum absolute atomic E-state index is 14.2. The Morgan fingerprint density at radius 1 is 0.336 bits per heavy atom. The monoisotopic (exact) mass is 1940 g/mol. The quantitative estimate of drug-likeness (QED) is 0.0300. The lowest BCUT2D eigenvalue weighted by atomic mass is 9.98. The van der Waals surface area contributed by atoms with Gasteiger partial charge in [-0.3, -0.25) is 28.8 Å². The van der Waals surface area contributed by atoms with Gasteiger partial charge in [-0.05, 0) is 181 Å². The summed E-state index contributed by atoms with van der Waals surface area (Å²) in [6.07, 6.45) is -1.24. The van der Waals surface area contributed by atoms with Crippen LogP contribution in [-0.4, -0.2) is 10.2 Å². The van der Waals surface area contributed by atoms with Crippen molar-refractivity contribution in [3.63, 3.8) is 0 Å². The zero-order valence-corrected chi connectivity index (χ0v) is 76.8. The molecule has 0 bridgehead atoms. The molecule has 0 radical (unpaired) electrons. The predicted octanol–water partition coefficient (Wildman–Crippen LogP) is 27.8. The van der Waals surface area contributed by atoms with Gasteiger partial charge < -0.3 is 42.4 Å². The number of nitrogens with two attached hydrogens (primary N) is 1. The molecule has 12 aromatic carbocycles. The molecule has 0 amide bonds. The van der Waals surface area contributed by atoms with Crippen molar-refractivity contribution < 1.29 is 67.4 Å². The second-order valence-electron chi connectivity index (χ2n) is 31.5. The third-order valence-corrected chi connectivity index (χ3v) is 23.2. The van der Waals surface area contributed by atoms with Crippen molar-refractivity contribution in [3.05, 3.63) is 430 Å². The van der Waals surface area contributed by atoms with Gasteiger partial charge >= 0.3 is 0 Å². The fraction of sp³-hybridized carbons (Fsp3) is 0.159. The van der Waals surface area contributed by atoms with Crippen LogP contribution in [0.3, 0.4) is 0 Å². The molecule has 18 rings (SSSR count). The van der Waals surface area contributed by atoms with E-state index in [-0.39, 0.29) is 120 Å². The Kier molecular flexibility index (Phi) is 30.7. The maximum atomic E-state index is 14.2. The van der Waals surface area contributed by atoms with Gasteiger partial charge in [0.05, 0.1) is 60.5 Å². The molecule has 0 spiro atoms. The van der Waals surface area contributed by atoms with Crippen molar-refractivity contribution in [2.24, 2.45) is 10.8 Å². The first-order valence-corrected chi connectivity index (χ1v) is 44.0. The van der Waals surface area contributed by atoms with Crippen molar-refractivity contribution in [1.82, 2.24) is 0 Å². The van der Waals surface area contributed by atoms with E-state index in [2.05, 4.69) is 41.9 Å². The van der Waals surface area contributed by atoms with E-state index in [9.17, 15) is 69.7 Å². The molecule has 0 aliphatic rings. The summed E-state index contributed by atoms with van der Waals surface area (Å²) < 4.78 is 133. The summed E-state index contributed by atoms with van der Waals surface area (Å²) in [5.74, 6) is -2.79. The SMILES string of the molecule is CC(Br)c1oc2cccc(F)c2c(=O)c1-c1ccccc1F.CC(O)c1oc2cccc(F)c2c(=O)c1-c1ccccc1F.CCC(Br)c1oc2cccc(F)c2c(=O)c1-c1cccc(C)c1.Cc1cccc(-c2c(C(C)N)oc3cccc(F)c3c2=O)c1.Cc1cccc(-c2c(C(C)N=[N+]=[N-])oc3cccc(F)c3c2=O)c1.Cc1cccc2oc(C(C)O)c(-c3ccccc3)c(=O)c12. The van der Waals surface area contributed by atoms with E-state index in [0.29, 0.717) is 56.1 Å². The van der Waals surface area contributed by atoms with Crippen LogP contribution in [0.4, 0.5) is 30.7 Å². The van der Waals surface area contributed by atoms with Gasteiger partial charge in [0, 0.05) is 16.0 Å². The topological polar surface area (TPSA) is 297 Å². The number of benzene rings is 12. The number of azide groups is 1. The number of aliphatic hydroxyl groups is 2. The first-order valence-electron chi connectivity index (χ1n) is 42.2. The van der Waals surface area contributed by atoms with Crippen LogP contribution in [0, 0.1) is 68.4 Å². The zero-order valence-electron chi connectivity index (χ0n) is 73.6. The Balaban J connectivity index is 0.000000136. The van der Waals surface area contributed by atoms with Crippen LogP contribution < -0.4 is 38.3 Å². The van der Waals surface area contributed by atoms with Crippen LogP contribution in [0.15, 0.2) is 321 Å². The number of fused-ring (bicyclic) bond motifs is 6. The largest absolute Gasteiger partial charge is 0.460 e. The van der Waals surface area contributed by atoms with Crippen LogP contribution in [0.5, 0.6) is 0 Å². The molecular formula is C107H85Br2F7N4O14. The Bertz CT molecular complexity index is 7810. The van der Waals surface area contributed by atoms with Gasteiger partial charge in [0.15, 0.2) is 0 Å². The van der Waals surface area contributed by atoms with E-state index in [0.717, 1.165) is 45.9 Å². The van der Waals surface area contributed by atoms with E-state index in [1.165, 1.54) is 110 Å². The number of hydrogen-bond acceptors (Lipinski definition) is 16. The Morgan fingerprint density at radius 2 is 0.612 bits per heavy atom. The summed E-state index contributed by atoms with van der Waals surface area (Å²) in [7, 11) is 0. The average Bonchev–Trinajstić information content (AvgIpc) is 0.780. The fourth-order valence-corrected chi connectivity index (χ4v) is 16.1. The number of rotatable bonds is 14. The van der Waals surface area contributed by atoms with Gasteiger partial charge in [-0.2, -0.15) is 0 Å². The summed E-state index contributed by atoms with van der Waals surface area (Å²) >= 11 is 6.91. The molecule has 18 aromatic rings. The molecule has 4 N–H and O–H groups in total. The number of aliphatic hydroxyl groups excluding tert-OH is 2. The molecule has 6 unspecified atom stereocenters. The molecule has 0 aliphatic heterocycles. The van der Waals surface area contributed by atoms with Gasteiger partial charge in [0.25, 0.3) is 0 Å². The zero-order chi connectivity index (χ0) is 96.4. The van der Waals surface area contributed by atoms with E-state index in [1.807, 2.05) is 132 Å². The van der Waals surface area contributed by atoms with Gasteiger partial charge in [-0.1, -0.05) is 243 Å². The summed E-state index contributed by atoms with van der Waals surface area (Å²) in [5.41, 5.74) is 21.4. The van der Waals surface area contributed by atoms with Gasteiger partial charge in [-0.15, -0.1) is 0 Å². The van der Waals surface area contributed by atoms with E-state index in [1.54, 1.807) is 82.3 Å². The maximum Gasteiger partial charge on any atom is 0.203 e. The lowest BCUT2D eigenvalue weighted by Gasteiger charge is -2.14. The minimum atomic E-state index is -1.14. The van der Waals surface area contributed by atoms with E-state index in [4.69, 9.17) is 37.8 Å². The predicted molar refractivity (Wildman–Crippen MR) is 517 cm³/mol. The molecule has 0 aliphatic carbocycles. The molecule has 0 saturated carbocycles. The number of nitrogens with zero attached hydrogens (tertiary/aromatic N) is 3. The first-order chi connectivity index (χ1) is 64.1. The highest BCUT2D eigenvalue weighted by molar-refractivity contribution is 9.09. The minimum Gasteiger partial charge on any atom is -0.460 e. The van der Waals surface area contributed by atoms with Gasteiger partial charge in [0.2, 0.25) is 32.6 Å². The molecule has 27 heteroatoms. The smallest absolute Gasteiger partial charge is 0.203 e. The molecule has 0 fully saturated rings. The fourth-order valence-electron chi connectivity index (χ4n) is 15.5. The van der Waals surface area contributed by atoms with E-state index >= 15 is 0 Å². The second kappa shape index (κ2) is 42.4. The molecule has 0 saturated heterocycles. The lowest BCUT2D eigenvalue weighted by molar-refractivity contribution is 0.171. The normalized spacial score (nSPS) is 12.4. The van der Waals surface area contributed by atoms with Gasteiger partial charge in [-0.25, -0.2) is 30.7 Å². The third-order valence-electron chi connectivity index (χ3n) is 21.7. The molecule has 6 heterocycles. The van der Waals surface area contributed by atoms with Crippen LogP contribution in [0.25, 0.3) is 143 Å². The molecule has 18 nitrogen and oxygen atoms in total. The minimum absolute atomic E-state index is 0.00330. The summed E-state index contributed by atoms with van der Waals surface area (Å²) in [4.78, 5) is 79.4. The molecule has 134 heavy (non-hydrogen) atoms. The third kappa shape index (κ3) is 20.6.